The highest BCUT2D eigenvalue weighted by atomic mass is 127. The molecule has 1 saturated heterocycles. The molecule has 0 aromatic carbocycles. The van der Waals surface area contributed by atoms with Crippen molar-refractivity contribution in [3.8, 4) is 0 Å². The Balaban J connectivity index is 0.00000243. The number of pyridine rings is 1. The van der Waals surface area contributed by atoms with Crippen molar-refractivity contribution in [2.24, 2.45) is 4.99 Å². The Morgan fingerprint density at radius 2 is 2.08 bits per heavy atom. The predicted molar refractivity (Wildman–Crippen MR) is 120 cm³/mol. The van der Waals surface area contributed by atoms with Crippen LogP contribution in [0, 0.1) is 0 Å². The van der Waals surface area contributed by atoms with E-state index in [4.69, 9.17) is 0 Å². The van der Waals surface area contributed by atoms with E-state index in [2.05, 4.69) is 49.9 Å². The van der Waals surface area contributed by atoms with Gasteiger partial charge in [-0.25, -0.2) is 4.99 Å². The van der Waals surface area contributed by atoms with Gasteiger partial charge in [0.05, 0.1) is 18.3 Å². The van der Waals surface area contributed by atoms with E-state index in [1.165, 1.54) is 30.8 Å². The van der Waals surface area contributed by atoms with Gasteiger partial charge in [-0.05, 0) is 56.4 Å². The molecule has 142 valence electrons. The Kier molecular flexibility index (Phi) is 9.35. The van der Waals surface area contributed by atoms with E-state index in [-0.39, 0.29) is 24.0 Å². The summed E-state index contributed by atoms with van der Waals surface area (Å²) >= 11 is 1.84. The summed E-state index contributed by atoms with van der Waals surface area (Å²) in [5.74, 6) is 0.855. The van der Waals surface area contributed by atoms with Gasteiger partial charge in [-0.2, -0.15) is 0 Å². The van der Waals surface area contributed by atoms with Gasteiger partial charge in [-0.3, -0.25) is 9.88 Å². The number of nitrogens with zero attached hydrogens (tertiary/aromatic N) is 3. The maximum Gasteiger partial charge on any atom is 0.191 e. The van der Waals surface area contributed by atoms with Crippen LogP contribution in [0.15, 0.2) is 46.9 Å². The van der Waals surface area contributed by atoms with Crippen molar-refractivity contribution >= 4 is 41.3 Å². The molecule has 1 aliphatic rings. The minimum atomic E-state index is 0. The average molecular weight is 485 g/mol. The Hall–Kier alpha value is -1.19. The molecule has 2 N–H and O–H groups in total. The third kappa shape index (κ3) is 6.21. The number of guanidine groups is 1. The van der Waals surface area contributed by atoms with Crippen LogP contribution < -0.4 is 10.6 Å². The number of thiophene rings is 1. The number of hydrogen-bond donors (Lipinski definition) is 2. The summed E-state index contributed by atoms with van der Waals surface area (Å²) in [5.41, 5.74) is 0.981. The summed E-state index contributed by atoms with van der Waals surface area (Å²) in [7, 11) is 0. The van der Waals surface area contributed by atoms with E-state index in [9.17, 15) is 0 Å². The maximum atomic E-state index is 4.68. The lowest BCUT2D eigenvalue weighted by atomic mass is 10.2. The molecule has 3 heterocycles. The number of rotatable bonds is 7. The predicted octanol–water partition coefficient (Wildman–Crippen LogP) is 3.65. The van der Waals surface area contributed by atoms with E-state index >= 15 is 0 Å². The number of aliphatic imine (C=N–C) groups is 1. The molecule has 1 aliphatic heterocycles. The fraction of sp³-hybridized carbons (Fsp3) is 0.474. The van der Waals surface area contributed by atoms with Crippen LogP contribution in [-0.4, -0.2) is 42.0 Å². The minimum Gasteiger partial charge on any atom is -0.357 e. The first-order valence-corrected chi connectivity index (χ1v) is 9.94. The SMILES string of the molecule is CCNC(=NCc1ccccn1)NCC(c1cccs1)N1CCCC1.I. The number of nitrogens with one attached hydrogen (secondary N) is 2. The monoisotopic (exact) mass is 485 g/mol. The molecule has 0 amide bonds. The molecule has 2 aromatic heterocycles. The van der Waals surface area contributed by atoms with E-state index in [0.29, 0.717) is 12.6 Å². The van der Waals surface area contributed by atoms with Gasteiger partial charge < -0.3 is 10.6 Å². The zero-order chi connectivity index (χ0) is 17.3. The van der Waals surface area contributed by atoms with E-state index in [1.807, 2.05) is 35.7 Å². The first kappa shape index (κ1) is 21.1. The van der Waals surface area contributed by atoms with Gasteiger partial charge in [0.1, 0.15) is 0 Å². The lowest BCUT2D eigenvalue weighted by Crippen LogP contribution is -2.42. The molecule has 1 fully saturated rings. The minimum absolute atomic E-state index is 0. The van der Waals surface area contributed by atoms with Crippen molar-refractivity contribution in [2.45, 2.75) is 32.4 Å². The van der Waals surface area contributed by atoms with Crippen molar-refractivity contribution in [2.75, 3.05) is 26.2 Å². The van der Waals surface area contributed by atoms with Crippen LogP contribution in [0.2, 0.25) is 0 Å². The van der Waals surface area contributed by atoms with Crippen LogP contribution in [0.4, 0.5) is 0 Å². The van der Waals surface area contributed by atoms with E-state index in [1.54, 1.807) is 0 Å². The molecule has 3 rings (SSSR count). The van der Waals surface area contributed by atoms with Gasteiger partial charge in [0.25, 0.3) is 0 Å². The summed E-state index contributed by atoms with van der Waals surface area (Å²) < 4.78 is 0. The molecule has 0 saturated carbocycles. The topological polar surface area (TPSA) is 52.6 Å². The van der Waals surface area contributed by atoms with Gasteiger partial charge in [-0.15, -0.1) is 35.3 Å². The van der Waals surface area contributed by atoms with Crippen LogP contribution in [0.3, 0.4) is 0 Å². The first-order valence-electron chi connectivity index (χ1n) is 9.06. The number of hydrogen-bond acceptors (Lipinski definition) is 4. The second-order valence-corrected chi connectivity index (χ2v) is 7.15. The number of aromatic nitrogens is 1. The maximum absolute atomic E-state index is 4.68. The summed E-state index contributed by atoms with van der Waals surface area (Å²) in [6.07, 6.45) is 4.41. The van der Waals surface area contributed by atoms with Crippen molar-refractivity contribution in [3.63, 3.8) is 0 Å². The third-order valence-corrected chi connectivity index (χ3v) is 5.36. The summed E-state index contributed by atoms with van der Waals surface area (Å²) in [6, 6.07) is 10.7. The number of halogens is 1. The second-order valence-electron chi connectivity index (χ2n) is 6.17. The fourth-order valence-electron chi connectivity index (χ4n) is 3.13. The molecule has 1 unspecified atom stereocenters. The lowest BCUT2D eigenvalue weighted by molar-refractivity contribution is 0.249. The van der Waals surface area contributed by atoms with Gasteiger partial charge in [0.15, 0.2) is 5.96 Å². The summed E-state index contributed by atoms with van der Waals surface area (Å²) in [6.45, 7) is 6.77. The van der Waals surface area contributed by atoms with Gasteiger partial charge in [0.2, 0.25) is 0 Å². The third-order valence-electron chi connectivity index (χ3n) is 4.39. The van der Waals surface area contributed by atoms with E-state index < -0.39 is 0 Å². The Morgan fingerprint density at radius 1 is 1.23 bits per heavy atom. The summed E-state index contributed by atoms with van der Waals surface area (Å²) in [4.78, 5) is 13.0. The van der Waals surface area contributed by atoms with Gasteiger partial charge >= 0.3 is 0 Å². The Morgan fingerprint density at radius 3 is 2.73 bits per heavy atom. The average Bonchev–Trinajstić information content (AvgIpc) is 3.35. The van der Waals surface area contributed by atoms with Gasteiger partial charge in [-0.1, -0.05) is 12.1 Å². The highest BCUT2D eigenvalue weighted by Gasteiger charge is 2.24. The lowest BCUT2D eigenvalue weighted by Gasteiger charge is -2.27. The molecule has 0 aliphatic carbocycles. The highest BCUT2D eigenvalue weighted by Crippen LogP contribution is 2.27. The van der Waals surface area contributed by atoms with Gasteiger partial charge in [0, 0.05) is 24.2 Å². The van der Waals surface area contributed by atoms with Crippen molar-refractivity contribution in [1.82, 2.24) is 20.5 Å². The normalized spacial score (nSPS) is 16.1. The van der Waals surface area contributed by atoms with Crippen molar-refractivity contribution in [1.29, 1.82) is 0 Å². The second kappa shape index (κ2) is 11.5. The van der Waals surface area contributed by atoms with Crippen LogP contribution in [-0.2, 0) is 6.54 Å². The largest absolute Gasteiger partial charge is 0.357 e. The standard InChI is InChI=1S/C19H27N5S.HI/c1-2-20-19(22-14-16-8-3-4-10-21-16)23-15-17(18-9-7-13-25-18)24-11-5-6-12-24;/h3-4,7-10,13,17H,2,5-6,11-12,14-15H2,1H3,(H2,20,22,23);1H. The van der Waals surface area contributed by atoms with Crippen molar-refractivity contribution in [3.05, 3.63) is 52.5 Å². The molecule has 7 heteroatoms. The zero-order valence-corrected chi connectivity index (χ0v) is 18.4. The molecule has 0 radical (unpaired) electrons. The first-order chi connectivity index (χ1) is 12.4. The quantitative estimate of drug-likeness (QED) is 0.357. The molecule has 26 heavy (non-hydrogen) atoms. The smallest absolute Gasteiger partial charge is 0.191 e. The van der Waals surface area contributed by atoms with Crippen LogP contribution in [0.1, 0.15) is 36.4 Å². The van der Waals surface area contributed by atoms with Crippen LogP contribution in [0.5, 0.6) is 0 Å². The molecule has 2 aromatic rings. The van der Waals surface area contributed by atoms with E-state index in [0.717, 1.165) is 24.7 Å². The molecule has 0 spiro atoms. The zero-order valence-electron chi connectivity index (χ0n) is 15.2. The molecule has 5 nitrogen and oxygen atoms in total. The van der Waals surface area contributed by atoms with Crippen molar-refractivity contribution < 1.29 is 0 Å². The number of likely N-dealkylation sites (tertiary alicyclic amines) is 1. The fourth-order valence-corrected chi connectivity index (χ4v) is 3.99. The Bertz CT molecular complexity index is 641. The molecule has 0 bridgehead atoms. The molecular formula is C19H28IN5S. The molecule has 1 atom stereocenters. The van der Waals surface area contributed by atoms with Crippen LogP contribution in [0.25, 0.3) is 0 Å². The Labute approximate surface area is 177 Å². The molecular weight excluding hydrogens is 457 g/mol. The summed E-state index contributed by atoms with van der Waals surface area (Å²) in [5, 5.41) is 9.04. The highest BCUT2D eigenvalue weighted by molar-refractivity contribution is 14.0. The van der Waals surface area contributed by atoms with Crippen LogP contribution >= 0.6 is 35.3 Å².